The summed E-state index contributed by atoms with van der Waals surface area (Å²) in [5.41, 5.74) is 0. The van der Waals surface area contributed by atoms with Gasteiger partial charge in [0.05, 0.1) is 12.0 Å². The maximum absolute atomic E-state index is 11.8. The Morgan fingerprint density at radius 1 is 0.742 bits per heavy atom. The summed E-state index contributed by atoms with van der Waals surface area (Å²) >= 11 is 0. The molecule has 0 saturated heterocycles. The van der Waals surface area contributed by atoms with E-state index in [0.717, 1.165) is 32.1 Å². The van der Waals surface area contributed by atoms with Gasteiger partial charge in [-0.15, -0.1) is 0 Å². The fourth-order valence-electron chi connectivity index (χ4n) is 3.13. The van der Waals surface area contributed by atoms with Crippen LogP contribution < -0.4 is 118 Å². The molecule has 0 aromatic carbocycles. The zero-order valence-electron chi connectivity index (χ0n) is 20.1. The maximum Gasteiger partial charge on any atom is 1.00 e. The number of aliphatic carboxylic acids is 2. The topological polar surface area (TPSA) is 109 Å². The van der Waals surface area contributed by atoms with Gasteiger partial charge in [0, 0.05) is 12.4 Å². The monoisotopic (exact) mass is 487 g/mol. The molecule has 0 radical (unpaired) electrons. The molecule has 0 aromatic rings. The number of hydrogen-bond acceptors (Lipinski definition) is 5. The fraction of sp³-hybridized carbons (Fsp3) is 0.783. The summed E-state index contributed by atoms with van der Waals surface area (Å²) in [5, 5.41) is 23.6. The third-order valence-corrected chi connectivity index (χ3v) is 4.92. The minimum absolute atomic E-state index is 0. The number of carbonyl (C=O) groups is 3. The molecule has 0 unspecified atom stereocenters. The first-order chi connectivity index (χ1) is 14.0. The average Bonchev–Trinajstić information content (AvgIpc) is 2.67. The second-order valence-electron chi connectivity index (χ2n) is 7.68. The Hall–Kier alpha value is 1.42. The quantitative estimate of drug-likeness (QED) is 0.110. The number of unbranched alkanes of at least 4 members (excludes halogenated alkanes) is 11. The second kappa shape index (κ2) is 27.7. The third kappa shape index (κ3) is 27.6. The van der Waals surface area contributed by atoms with Gasteiger partial charge in [-0.05, 0) is 44.9 Å². The van der Waals surface area contributed by atoms with Gasteiger partial charge in [-0.2, -0.15) is 0 Å². The van der Waals surface area contributed by atoms with E-state index in [0.29, 0.717) is 6.42 Å². The number of allylic oxidation sites excluding steroid dienone is 2. The van der Waals surface area contributed by atoms with Crippen LogP contribution in [0.4, 0.5) is 0 Å². The number of amides is 1. The number of carbonyl (C=O) groups excluding carboxylic acids is 3. The molecule has 0 aliphatic rings. The molecule has 0 fully saturated rings. The molecule has 0 aliphatic carbocycles. The van der Waals surface area contributed by atoms with Crippen molar-refractivity contribution < 1.29 is 127 Å². The third-order valence-electron chi connectivity index (χ3n) is 4.92. The van der Waals surface area contributed by atoms with Crippen LogP contribution in [0.3, 0.4) is 0 Å². The largest absolute Gasteiger partial charge is 1.00 e. The van der Waals surface area contributed by atoms with E-state index in [1.807, 2.05) is 0 Å². The molecular formula is C23H39K2NO5. The van der Waals surface area contributed by atoms with Crippen molar-refractivity contribution >= 4 is 17.8 Å². The summed E-state index contributed by atoms with van der Waals surface area (Å²) in [5.74, 6) is -3.19. The molecule has 1 atom stereocenters. The van der Waals surface area contributed by atoms with Crippen LogP contribution >= 0.6 is 0 Å². The SMILES string of the molecule is CCCCCCCC/C=C\CCCCCCCC(=O)N[C@@H](CCC(=O)[O-])C(=O)[O-].[K+].[K+]. The number of hydrogen-bond donors (Lipinski definition) is 1. The van der Waals surface area contributed by atoms with E-state index in [4.69, 9.17) is 0 Å². The van der Waals surface area contributed by atoms with Crippen molar-refractivity contribution in [3.8, 4) is 0 Å². The molecule has 1 N–H and O–H groups in total. The molecule has 31 heavy (non-hydrogen) atoms. The second-order valence-corrected chi connectivity index (χ2v) is 7.68. The van der Waals surface area contributed by atoms with Gasteiger partial charge in [0.1, 0.15) is 0 Å². The zero-order valence-corrected chi connectivity index (χ0v) is 26.3. The summed E-state index contributed by atoms with van der Waals surface area (Å²) in [6.45, 7) is 2.24. The fourth-order valence-corrected chi connectivity index (χ4v) is 3.13. The van der Waals surface area contributed by atoms with E-state index in [-0.39, 0.29) is 122 Å². The predicted octanol–water partition coefficient (Wildman–Crippen LogP) is -3.20. The molecular weight excluding hydrogens is 448 g/mol. The Bertz CT molecular complexity index is 487. The van der Waals surface area contributed by atoms with Crippen LogP contribution in [0.5, 0.6) is 0 Å². The Balaban J connectivity index is -0.00000392. The number of carboxylic acids is 2. The first-order valence-electron chi connectivity index (χ1n) is 11.3. The van der Waals surface area contributed by atoms with Crippen LogP contribution in [0, 0.1) is 0 Å². The van der Waals surface area contributed by atoms with Crippen LogP contribution in [0.15, 0.2) is 12.2 Å². The van der Waals surface area contributed by atoms with Crippen molar-refractivity contribution in [2.24, 2.45) is 0 Å². The molecule has 6 nitrogen and oxygen atoms in total. The summed E-state index contributed by atoms with van der Waals surface area (Å²) in [6.07, 6.45) is 19.4. The summed E-state index contributed by atoms with van der Waals surface area (Å²) in [6, 6.07) is -1.27. The van der Waals surface area contributed by atoms with E-state index < -0.39 is 24.4 Å². The van der Waals surface area contributed by atoms with Crippen molar-refractivity contribution in [2.75, 3.05) is 0 Å². The average molecular weight is 488 g/mol. The van der Waals surface area contributed by atoms with Crippen LogP contribution in [0.1, 0.15) is 110 Å². The van der Waals surface area contributed by atoms with Crippen molar-refractivity contribution in [1.82, 2.24) is 5.32 Å². The van der Waals surface area contributed by atoms with Gasteiger partial charge >= 0.3 is 103 Å². The Labute approximate surface area is 274 Å². The van der Waals surface area contributed by atoms with Crippen LogP contribution in [-0.2, 0) is 14.4 Å². The van der Waals surface area contributed by atoms with Crippen molar-refractivity contribution in [3.63, 3.8) is 0 Å². The van der Waals surface area contributed by atoms with Crippen LogP contribution in [0.2, 0.25) is 0 Å². The van der Waals surface area contributed by atoms with Crippen LogP contribution in [0.25, 0.3) is 0 Å². The minimum Gasteiger partial charge on any atom is -0.550 e. The van der Waals surface area contributed by atoms with Gasteiger partial charge in [-0.25, -0.2) is 0 Å². The van der Waals surface area contributed by atoms with E-state index in [9.17, 15) is 24.6 Å². The normalized spacial score (nSPS) is 11.4. The van der Waals surface area contributed by atoms with Crippen molar-refractivity contribution in [2.45, 2.75) is 116 Å². The Morgan fingerprint density at radius 3 is 1.71 bits per heavy atom. The maximum atomic E-state index is 11.8. The van der Waals surface area contributed by atoms with Gasteiger partial charge in [-0.1, -0.05) is 70.4 Å². The molecule has 0 spiro atoms. The molecule has 168 valence electrons. The summed E-state index contributed by atoms with van der Waals surface area (Å²) in [7, 11) is 0. The van der Waals surface area contributed by atoms with Crippen molar-refractivity contribution in [3.05, 3.63) is 12.2 Å². The molecule has 0 aliphatic heterocycles. The summed E-state index contributed by atoms with van der Waals surface area (Å²) < 4.78 is 0. The number of carboxylic acid groups (broad SMARTS) is 2. The van der Waals surface area contributed by atoms with Gasteiger partial charge in [-0.3, -0.25) is 4.79 Å². The molecule has 1 amide bonds. The molecule has 0 heterocycles. The number of rotatable bonds is 20. The van der Waals surface area contributed by atoms with Gasteiger partial charge in [0.2, 0.25) is 5.91 Å². The summed E-state index contributed by atoms with van der Waals surface area (Å²) in [4.78, 5) is 33.1. The van der Waals surface area contributed by atoms with E-state index in [1.54, 1.807) is 0 Å². The van der Waals surface area contributed by atoms with E-state index >= 15 is 0 Å². The zero-order chi connectivity index (χ0) is 21.7. The predicted molar refractivity (Wildman–Crippen MR) is 111 cm³/mol. The molecule has 0 rings (SSSR count). The molecule has 0 saturated carbocycles. The van der Waals surface area contributed by atoms with Gasteiger partial charge < -0.3 is 25.1 Å². The first-order valence-corrected chi connectivity index (χ1v) is 11.3. The van der Waals surface area contributed by atoms with Crippen LogP contribution in [-0.4, -0.2) is 23.9 Å². The van der Waals surface area contributed by atoms with Crippen molar-refractivity contribution in [1.29, 1.82) is 0 Å². The first kappa shape index (κ1) is 37.0. The van der Waals surface area contributed by atoms with E-state index in [2.05, 4.69) is 24.4 Å². The minimum atomic E-state index is -1.47. The Morgan fingerprint density at radius 2 is 1.23 bits per heavy atom. The molecule has 8 heteroatoms. The van der Waals surface area contributed by atoms with E-state index in [1.165, 1.54) is 44.9 Å². The Kier molecular flexibility index (Phi) is 33.0. The smallest absolute Gasteiger partial charge is 0.550 e. The van der Waals surface area contributed by atoms with Gasteiger partial charge in [0.15, 0.2) is 0 Å². The molecule has 0 aromatic heterocycles. The number of nitrogens with one attached hydrogen (secondary N) is 1. The van der Waals surface area contributed by atoms with Gasteiger partial charge in [0.25, 0.3) is 0 Å². The standard InChI is InChI=1S/C23H41NO5.2K/c1-2-3-4-5-6-7-8-9-10-11-12-13-14-15-16-17-21(25)24-20(23(28)29)18-19-22(26)27;;/h9-10,20H,2-8,11-19H2,1H3,(H,24,25)(H,26,27)(H,28,29);;/q;2*+1/p-2/b10-9-;;/t20-;;/m0../s1. The molecule has 0 bridgehead atoms.